The van der Waals surface area contributed by atoms with Crippen LogP contribution in [0.3, 0.4) is 0 Å². The molecule has 0 unspecified atom stereocenters. The summed E-state index contributed by atoms with van der Waals surface area (Å²) in [6.07, 6.45) is 1.67. The van der Waals surface area contributed by atoms with Gasteiger partial charge in [-0.2, -0.15) is 0 Å². The molecule has 0 radical (unpaired) electrons. The summed E-state index contributed by atoms with van der Waals surface area (Å²) in [6.45, 7) is 4.08. The third-order valence-electron chi connectivity index (χ3n) is 2.44. The second kappa shape index (κ2) is 6.69. The Labute approximate surface area is 130 Å². The van der Waals surface area contributed by atoms with E-state index in [2.05, 4.69) is 22.7 Å². The number of thiophene rings is 1. The van der Waals surface area contributed by atoms with Gasteiger partial charge in [0.2, 0.25) is 0 Å². The number of hydrogen-bond donors (Lipinski definition) is 3. The van der Waals surface area contributed by atoms with Crippen molar-refractivity contribution in [3.63, 3.8) is 0 Å². The van der Waals surface area contributed by atoms with E-state index >= 15 is 0 Å². The predicted octanol–water partition coefficient (Wildman–Crippen LogP) is 2.85. The molecule has 0 saturated heterocycles. The van der Waals surface area contributed by atoms with Crippen molar-refractivity contribution in [3.8, 4) is 0 Å². The van der Waals surface area contributed by atoms with Crippen LogP contribution in [0.4, 0.5) is 0 Å². The number of amides is 1. The highest BCUT2D eigenvalue weighted by atomic mass is 35.5. The molecule has 4 nitrogen and oxygen atoms in total. The molecule has 0 aliphatic rings. The Hall–Kier alpha value is -1.63. The van der Waals surface area contributed by atoms with E-state index in [0.29, 0.717) is 21.6 Å². The lowest BCUT2D eigenvalue weighted by Crippen LogP contribution is -2.46. The Morgan fingerprint density at radius 2 is 2.15 bits per heavy atom. The summed E-state index contributed by atoms with van der Waals surface area (Å²) in [5.74, 6) is -0.320. The lowest BCUT2D eigenvalue weighted by molar-refractivity contribution is 0.0948. The lowest BCUT2D eigenvalue weighted by Gasteiger charge is -2.09. The Bertz CT molecular complexity index is 669. The predicted molar refractivity (Wildman–Crippen MR) is 88.2 cm³/mol. The van der Waals surface area contributed by atoms with Crippen LogP contribution >= 0.6 is 35.2 Å². The summed E-state index contributed by atoms with van der Waals surface area (Å²) in [5, 5.41) is 4.48. The minimum atomic E-state index is -0.320. The van der Waals surface area contributed by atoms with Gasteiger partial charge in [0.25, 0.3) is 5.91 Å². The first-order valence-corrected chi connectivity index (χ1v) is 7.36. The van der Waals surface area contributed by atoms with Crippen molar-refractivity contribution < 1.29 is 4.79 Å². The maximum atomic E-state index is 12.1. The Balaban J connectivity index is 2.06. The minimum absolute atomic E-state index is 0.315. The molecular formula is C13H12ClN3OS2. The average Bonchev–Trinajstić information content (AvgIpc) is 2.80. The van der Waals surface area contributed by atoms with E-state index in [0.717, 1.165) is 10.1 Å². The van der Waals surface area contributed by atoms with Gasteiger partial charge in [-0.1, -0.05) is 35.9 Å². The highest BCUT2D eigenvalue weighted by Crippen LogP contribution is 2.34. The van der Waals surface area contributed by atoms with E-state index in [1.165, 1.54) is 11.3 Å². The Kier molecular flexibility index (Phi) is 4.94. The van der Waals surface area contributed by atoms with Crippen LogP contribution in [0.5, 0.6) is 0 Å². The van der Waals surface area contributed by atoms with Gasteiger partial charge < -0.3 is 5.32 Å². The number of hydrazine groups is 1. The van der Waals surface area contributed by atoms with Gasteiger partial charge in [-0.3, -0.25) is 15.6 Å². The molecule has 0 aliphatic carbocycles. The number of carbonyl (C=O) groups excluding carboxylic acids is 1. The number of carbonyl (C=O) groups is 1. The van der Waals surface area contributed by atoms with Gasteiger partial charge in [-0.15, -0.1) is 17.9 Å². The van der Waals surface area contributed by atoms with Gasteiger partial charge >= 0.3 is 0 Å². The van der Waals surface area contributed by atoms with Gasteiger partial charge in [0.1, 0.15) is 4.88 Å². The van der Waals surface area contributed by atoms with E-state index in [1.54, 1.807) is 6.08 Å². The highest BCUT2D eigenvalue weighted by molar-refractivity contribution is 7.80. The summed E-state index contributed by atoms with van der Waals surface area (Å²) < 4.78 is 0.968. The number of benzene rings is 1. The van der Waals surface area contributed by atoms with Crippen LogP contribution < -0.4 is 16.2 Å². The van der Waals surface area contributed by atoms with Crippen LogP contribution in [0.2, 0.25) is 5.02 Å². The Morgan fingerprint density at radius 1 is 1.40 bits per heavy atom. The molecule has 1 heterocycles. The zero-order valence-electron chi connectivity index (χ0n) is 10.4. The SMILES string of the molecule is C=CCNC(=S)NNC(=O)c1sc2ccccc2c1Cl. The van der Waals surface area contributed by atoms with Crippen LogP contribution in [0.15, 0.2) is 36.9 Å². The summed E-state index contributed by atoms with van der Waals surface area (Å²) in [6, 6.07) is 7.60. The van der Waals surface area contributed by atoms with Crippen LogP contribution in [0.25, 0.3) is 10.1 Å². The fourth-order valence-electron chi connectivity index (χ4n) is 1.54. The molecule has 20 heavy (non-hydrogen) atoms. The van der Waals surface area contributed by atoms with Gasteiger partial charge in [0.05, 0.1) is 5.02 Å². The molecule has 2 rings (SSSR count). The minimum Gasteiger partial charge on any atom is -0.358 e. The number of rotatable bonds is 3. The second-order valence-corrected chi connectivity index (χ2v) is 5.66. The molecule has 0 spiro atoms. The van der Waals surface area contributed by atoms with E-state index in [4.69, 9.17) is 23.8 Å². The number of fused-ring (bicyclic) bond motifs is 1. The smallest absolute Gasteiger partial charge is 0.281 e. The normalized spacial score (nSPS) is 10.1. The van der Waals surface area contributed by atoms with E-state index in [-0.39, 0.29) is 5.91 Å². The van der Waals surface area contributed by atoms with Crippen molar-refractivity contribution in [2.45, 2.75) is 0 Å². The quantitative estimate of drug-likeness (QED) is 0.461. The highest BCUT2D eigenvalue weighted by Gasteiger charge is 2.16. The van der Waals surface area contributed by atoms with Crippen LogP contribution in [-0.4, -0.2) is 17.6 Å². The molecule has 2 aromatic rings. The monoisotopic (exact) mass is 325 g/mol. The first-order valence-electron chi connectivity index (χ1n) is 5.75. The molecule has 0 saturated carbocycles. The van der Waals surface area contributed by atoms with E-state index < -0.39 is 0 Å². The second-order valence-electron chi connectivity index (χ2n) is 3.82. The summed E-state index contributed by atoms with van der Waals surface area (Å²) in [7, 11) is 0. The van der Waals surface area contributed by atoms with Crippen molar-refractivity contribution in [2.75, 3.05) is 6.54 Å². The maximum Gasteiger partial charge on any atom is 0.281 e. The lowest BCUT2D eigenvalue weighted by atomic mass is 10.2. The molecule has 0 aliphatic heterocycles. The van der Waals surface area contributed by atoms with E-state index in [9.17, 15) is 4.79 Å². The van der Waals surface area contributed by atoms with Gasteiger partial charge in [-0.25, -0.2) is 0 Å². The Morgan fingerprint density at radius 3 is 2.85 bits per heavy atom. The number of nitrogens with one attached hydrogen (secondary N) is 3. The molecular weight excluding hydrogens is 314 g/mol. The van der Waals surface area contributed by atoms with Crippen LogP contribution in [0, 0.1) is 0 Å². The molecule has 3 N–H and O–H groups in total. The van der Waals surface area contributed by atoms with Crippen molar-refractivity contribution in [1.29, 1.82) is 0 Å². The first-order chi connectivity index (χ1) is 9.63. The zero-order valence-corrected chi connectivity index (χ0v) is 12.8. The number of thiocarbonyl (C=S) groups is 1. The number of hydrogen-bond acceptors (Lipinski definition) is 3. The molecule has 0 bridgehead atoms. The molecule has 1 aromatic carbocycles. The summed E-state index contributed by atoms with van der Waals surface area (Å²) in [4.78, 5) is 12.5. The van der Waals surface area contributed by atoms with Gasteiger partial charge in [0, 0.05) is 16.6 Å². The standard InChI is InChI=1S/C13H12ClN3OS2/c1-2-7-15-13(19)17-16-12(18)11-10(14)8-5-3-4-6-9(8)20-11/h2-6H,1,7H2,(H,16,18)(H2,15,17,19). The fraction of sp³-hybridized carbons (Fsp3) is 0.0769. The van der Waals surface area contributed by atoms with Crippen molar-refractivity contribution >= 4 is 56.3 Å². The average molecular weight is 326 g/mol. The molecule has 0 atom stereocenters. The van der Waals surface area contributed by atoms with Gasteiger partial charge in [0.15, 0.2) is 5.11 Å². The number of halogens is 1. The van der Waals surface area contributed by atoms with Crippen LogP contribution in [-0.2, 0) is 0 Å². The summed E-state index contributed by atoms with van der Waals surface area (Å²) in [5.41, 5.74) is 5.12. The molecule has 1 aromatic heterocycles. The van der Waals surface area contributed by atoms with Crippen molar-refractivity contribution in [3.05, 3.63) is 46.8 Å². The summed E-state index contributed by atoms with van der Waals surface area (Å²) >= 11 is 12.5. The van der Waals surface area contributed by atoms with Crippen molar-refractivity contribution in [2.24, 2.45) is 0 Å². The topological polar surface area (TPSA) is 53.2 Å². The first kappa shape index (κ1) is 14.8. The third-order valence-corrected chi connectivity index (χ3v) is 4.36. The molecule has 7 heteroatoms. The molecule has 1 amide bonds. The van der Waals surface area contributed by atoms with E-state index in [1.807, 2.05) is 24.3 Å². The third kappa shape index (κ3) is 3.27. The zero-order chi connectivity index (χ0) is 14.5. The maximum absolute atomic E-state index is 12.1. The largest absolute Gasteiger partial charge is 0.358 e. The van der Waals surface area contributed by atoms with Crippen LogP contribution in [0.1, 0.15) is 9.67 Å². The fourth-order valence-corrected chi connectivity index (χ4v) is 3.09. The molecule has 104 valence electrons. The molecule has 0 fully saturated rings. The van der Waals surface area contributed by atoms with Gasteiger partial charge in [-0.05, 0) is 18.3 Å². The van der Waals surface area contributed by atoms with Crippen molar-refractivity contribution in [1.82, 2.24) is 16.2 Å².